The number of nitrogens with zero attached hydrogens (tertiary/aromatic N) is 2. The van der Waals surface area contributed by atoms with E-state index in [1.54, 1.807) is 23.1 Å². The van der Waals surface area contributed by atoms with E-state index < -0.39 is 0 Å². The van der Waals surface area contributed by atoms with Gasteiger partial charge in [0.25, 0.3) is 0 Å². The third kappa shape index (κ3) is 3.07. The van der Waals surface area contributed by atoms with Crippen LogP contribution in [0.15, 0.2) is 18.2 Å². The number of carbonyl (C=O) groups is 1. The van der Waals surface area contributed by atoms with Gasteiger partial charge in [0.15, 0.2) is 0 Å². The molecule has 0 saturated carbocycles. The Bertz CT molecular complexity index is 425. The minimum Gasteiger partial charge on any atom is -0.322 e. The first-order valence-corrected chi connectivity index (χ1v) is 6.52. The normalized spacial score (nSPS) is 16.7. The quantitative estimate of drug-likeness (QED) is 0.862. The Morgan fingerprint density at radius 1 is 1.17 bits per heavy atom. The van der Waals surface area contributed by atoms with Gasteiger partial charge in [-0.25, -0.2) is 4.79 Å². The summed E-state index contributed by atoms with van der Waals surface area (Å²) in [5, 5.41) is 3.67. The van der Waals surface area contributed by atoms with Crippen LogP contribution in [0, 0.1) is 0 Å². The zero-order valence-corrected chi connectivity index (χ0v) is 11.6. The fourth-order valence-corrected chi connectivity index (χ4v) is 2.30. The van der Waals surface area contributed by atoms with Crippen LogP contribution in [0.3, 0.4) is 0 Å². The lowest BCUT2D eigenvalue weighted by Gasteiger charge is -2.32. The molecular formula is C12H15Cl2N3O. The second-order valence-electron chi connectivity index (χ2n) is 4.32. The third-order valence-electron chi connectivity index (χ3n) is 2.99. The van der Waals surface area contributed by atoms with Gasteiger partial charge in [-0.3, -0.25) is 0 Å². The standard InChI is InChI=1S/C12H15Cl2N3O/c1-16-5-7-17(8-6-16)12(18)15-11-9(13)3-2-4-10(11)14/h2-4H,5-8H2,1H3,(H,15,18). The Balaban J connectivity index is 2.03. The Labute approximate surface area is 116 Å². The van der Waals surface area contributed by atoms with Gasteiger partial charge in [-0.05, 0) is 19.2 Å². The van der Waals surface area contributed by atoms with Gasteiger partial charge in [0.1, 0.15) is 0 Å². The number of benzene rings is 1. The lowest BCUT2D eigenvalue weighted by atomic mass is 10.3. The van der Waals surface area contributed by atoms with Crippen LogP contribution in [0.1, 0.15) is 0 Å². The molecule has 0 aromatic heterocycles. The van der Waals surface area contributed by atoms with E-state index in [2.05, 4.69) is 10.2 Å². The van der Waals surface area contributed by atoms with Gasteiger partial charge in [0.05, 0.1) is 15.7 Å². The number of likely N-dealkylation sites (N-methyl/N-ethyl adjacent to an activating group) is 1. The number of halogens is 2. The monoisotopic (exact) mass is 287 g/mol. The zero-order valence-electron chi connectivity index (χ0n) is 10.1. The van der Waals surface area contributed by atoms with Gasteiger partial charge in [-0.15, -0.1) is 0 Å². The molecule has 0 unspecified atom stereocenters. The van der Waals surface area contributed by atoms with Gasteiger partial charge < -0.3 is 15.1 Å². The van der Waals surface area contributed by atoms with Crippen LogP contribution >= 0.6 is 23.2 Å². The zero-order chi connectivity index (χ0) is 13.1. The molecule has 2 rings (SSSR count). The summed E-state index contributed by atoms with van der Waals surface area (Å²) in [6.45, 7) is 3.18. The van der Waals surface area contributed by atoms with Crippen LogP contribution in [0.2, 0.25) is 10.0 Å². The Morgan fingerprint density at radius 3 is 2.28 bits per heavy atom. The van der Waals surface area contributed by atoms with E-state index in [9.17, 15) is 4.79 Å². The van der Waals surface area contributed by atoms with Crippen LogP contribution in [-0.2, 0) is 0 Å². The number of para-hydroxylation sites is 1. The van der Waals surface area contributed by atoms with E-state index in [-0.39, 0.29) is 6.03 Å². The number of amides is 2. The summed E-state index contributed by atoms with van der Waals surface area (Å²) in [5.41, 5.74) is 0.477. The fraction of sp³-hybridized carbons (Fsp3) is 0.417. The van der Waals surface area contributed by atoms with E-state index in [1.165, 1.54) is 0 Å². The predicted octanol–water partition coefficient (Wildman–Crippen LogP) is 2.77. The molecule has 98 valence electrons. The van der Waals surface area contributed by atoms with Crippen molar-refractivity contribution in [3.05, 3.63) is 28.2 Å². The molecule has 1 aliphatic rings. The minimum absolute atomic E-state index is 0.155. The van der Waals surface area contributed by atoms with Crippen molar-refractivity contribution in [2.45, 2.75) is 0 Å². The molecule has 1 aromatic carbocycles. The summed E-state index contributed by atoms with van der Waals surface area (Å²) < 4.78 is 0. The number of rotatable bonds is 1. The predicted molar refractivity (Wildman–Crippen MR) is 74.6 cm³/mol. The molecule has 1 saturated heterocycles. The fourth-order valence-electron chi connectivity index (χ4n) is 1.81. The molecule has 1 fully saturated rings. The average molecular weight is 288 g/mol. The molecule has 0 bridgehead atoms. The Morgan fingerprint density at radius 2 is 1.72 bits per heavy atom. The van der Waals surface area contributed by atoms with Crippen molar-refractivity contribution in [1.29, 1.82) is 0 Å². The number of anilines is 1. The molecule has 1 N–H and O–H groups in total. The van der Waals surface area contributed by atoms with Crippen LogP contribution in [0.25, 0.3) is 0 Å². The molecule has 1 aliphatic heterocycles. The Kier molecular flexibility index (Phi) is 4.32. The van der Waals surface area contributed by atoms with Crippen molar-refractivity contribution in [2.75, 3.05) is 38.5 Å². The maximum atomic E-state index is 12.1. The first-order valence-electron chi connectivity index (χ1n) is 5.76. The highest BCUT2D eigenvalue weighted by Gasteiger charge is 2.20. The number of carbonyl (C=O) groups excluding carboxylic acids is 1. The summed E-state index contributed by atoms with van der Waals surface area (Å²) in [5.74, 6) is 0. The second kappa shape index (κ2) is 5.78. The summed E-state index contributed by atoms with van der Waals surface area (Å²) in [7, 11) is 2.04. The number of nitrogens with one attached hydrogen (secondary N) is 1. The maximum Gasteiger partial charge on any atom is 0.322 e. The van der Waals surface area contributed by atoms with E-state index in [4.69, 9.17) is 23.2 Å². The average Bonchev–Trinajstić information content (AvgIpc) is 2.34. The van der Waals surface area contributed by atoms with E-state index in [1.807, 2.05) is 7.05 Å². The summed E-state index contributed by atoms with van der Waals surface area (Å²) >= 11 is 12.0. The SMILES string of the molecule is CN1CCN(C(=O)Nc2c(Cl)cccc2Cl)CC1. The lowest BCUT2D eigenvalue weighted by Crippen LogP contribution is -2.48. The molecule has 6 heteroatoms. The lowest BCUT2D eigenvalue weighted by molar-refractivity contribution is 0.164. The summed E-state index contributed by atoms with van der Waals surface area (Å²) in [4.78, 5) is 16.0. The summed E-state index contributed by atoms with van der Waals surface area (Å²) in [6.07, 6.45) is 0. The second-order valence-corrected chi connectivity index (χ2v) is 5.13. The highest BCUT2D eigenvalue weighted by molar-refractivity contribution is 6.39. The molecule has 0 radical (unpaired) electrons. The topological polar surface area (TPSA) is 35.6 Å². The van der Waals surface area contributed by atoms with E-state index in [0.29, 0.717) is 28.8 Å². The minimum atomic E-state index is -0.155. The molecule has 1 heterocycles. The number of hydrogen-bond acceptors (Lipinski definition) is 2. The van der Waals surface area contributed by atoms with Crippen molar-refractivity contribution in [2.24, 2.45) is 0 Å². The van der Waals surface area contributed by atoms with Crippen LogP contribution in [-0.4, -0.2) is 49.1 Å². The summed E-state index contributed by atoms with van der Waals surface area (Å²) in [6, 6.07) is 4.99. The van der Waals surface area contributed by atoms with Crippen LogP contribution in [0.5, 0.6) is 0 Å². The van der Waals surface area contributed by atoms with Crippen molar-refractivity contribution in [3.63, 3.8) is 0 Å². The molecule has 18 heavy (non-hydrogen) atoms. The molecule has 1 aromatic rings. The largest absolute Gasteiger partial charge is 0.322 e. The molecular weight excluding hydrogens is 273 g/mol. The molecule has 0 aliphatic carbocycles. The van der Waals surface area contributed by atoms with Crippen molar-refractivity contribution in [3.8, 4) is 0 Å². The van der Waals surface area contributed by atoms with Crippen molar-refractivity contribution >= 4 is 34.9 Å². The van der Waals surface area contributed by atoms with E-state index in [0.717, 1.165) is 13.1 Å². The molecule has 2 amide bonds. The van der Waals surface area contributed by atoms with Gasteiger partial charge in [-0.2, -0.15) is 0 Å². The van der Waals surface area contributed by atoms with Gasteiger partial charge in [0.2, 0.25) is 0 Å². The highest BCUT2D eigenvalue weighted by atomic mass is 35.5. The van der Waals surface area contributed by atoms with Crippen molar-refractivity contribution in [1.82, 2.24) is 9.80 Å². The highest BCUT2D eigenvalue weighted by Crippen LogP contribution is 2.30. The van der Waals surface area contributed by atoms with Gasteiger partial charge >= 0.3 is 6.03 Å². The van der Waals surface area contributed by atoms with Crippen LogP contribution < -0.4 is 5.32 Å². The van der Waals surface area contributed by atoms with Crippen molar-refractivity contribution < 1.29 is 4.79 Å². The first-order chi connectivity index (χ1) is 8.58. The number of urea groups is 1. The van der Waals surface area contributed by atoms with Gasteiger partial charge in [0, 0.05) is 26.2 Å². The number of piperazine rings is 1. The molecule has 4 nitrogen and oxygen atoms in total. The molecule has 0 atom stereocenters. The van der Waals surface area contributed by atoms with Gasteiger partial charge in [-0.1, -0.05) is 29.3 Å². The Hall–Kier alpha value is -0.970. The third-order valence-corrected chi connectivity index (χ3v) is 3.62. The van der Waals surface area contributed by atoms with Crippen LogP contribution in [0.4, 0.5) is 10.5 Å². The maximum absolute atomic E-state index is 12.1. The first kappa shape index (κ1) is 13.5. The molecule has 0 spiro atoms. The van der Waals surface area contributed by atoms with E-state index >= 15 is 0 Å². The smallest absolute Gasteiger partial charge is 0.322 e. The number of hydrogen-bond donors (Lipinski definition) is 1.